The van der Waals surface area contributed by atoms with Crippen LogP contribution < -0.4 is 16.0 Å². The van der Waals surface area contributed by atoms with Crippen molar-refractivity contribution in [2.24, 2.45) is 10.7 Å². The van der Waals surface area contributed by atoms with Gasteiger partial charge < -0.3 is 20.7 Å². The van der Waals surface area contributed by atoms with Crippen molar-refractivity contribution in [1.29, 1.82) is 0 Å². The Kier molecular flexibility index (Phi) is 8.37. The molecule has 5 nitrogen and oxygen atoms in total. The summed E-state index contributed by atoms with van der Waals surface area (Å²) in [7, 11) is 0. The first-order valence-corrected chi connectivity index (χ1v) is 9.21. The van der Waals surface area contributed by atoms with E-state index in [4.69, 9.17) is 10.5 Å². The van der Waals surface area contributed by atoms with Gasteiger partial charge in [0.15, 0.2) is 5.96 Å². The van der Waals surface area contributed by atoms with Gasteiger partial charge in [0, 0.05) is 24.5 Å². The van der Waals surface area contributed by atoms with Gasteiger partial charge in [0.25, 0.3) is 0 Å². The van der Waals surface area contributed by atoms with E-state index in [1.54, 1.807) is 0 Å². The van der Waals surface area contributed by atoms with Gasteiger partial charge in [-0.25, -0.2) is 4.99 Å². The molecule has 0 spiro atoms. The summed E-state index contributed by atoms with van der Waals surface area (Å²) in [6.07, 6.45) is 0. The van der Waals surface area contributed by atoms with E-state index >= 15 is 0 Å². The molecule has 1 aliphatic rings. The van der Waals surface area contributed by atoms with E-state index in [0.29, 0.717) is 18.4 Å². The molecule has 146 valence electrons. The first-order chi connectivity index (χ1) is 12.6. The third kappa shape index (κ3) is 6.10. The van der Waals surface area contributed by atoms with Crippen LogP contribution in [0.4, 0.5) is 11.4 Å². The number of aliphatic imine (C=N–C) groups is 1. The van der Waals surface area contributed by atoms with Gasteiger partial charge in [-0.05, 0) is 35.2 Å². The SMILES string of the molecule is CC(C)c1cccc(NC(N)=NCc2ccccc2N2CCOCC2)c1.I. The van der Waals surface area contributed by atoms with E-state index in [2.05, 4.69) is 59.4 Å². The molecule has 0 saturated carbocycles. The summed E-state index contributed by atoms with van der Waals surface area (Å²) in [5.74, 6) is 0.915. The zero-order valence-corrected chi connectivity index (χ0v) is 18.4. The van der Waals surface area contributed by atoms with Crippen molar-refractivity contribution in [3.8, 4) is 0 Å². The Morgan fingerprint density at radius 1 is 1.15 bits per heavy atom. The lowest BCUT2D eigenvalue weighted by Gasteiger charge is -2.30. The molecule has 0 bridgehead atoms. The number of nitrogens with one attached hydrogen (secondary N) is 1. The van der Waals surface area contributed by atoms with Gasteiger partial charge in [0.2, 0.25) is 0 Å². The monoisotopic (exact) mass is 480 g/mol. The van der Waals surface area contributed by atoms with Crippen molar-refractivity contribution in [3.05, 3.63) is 59.7 Å². The highest BCUT2D eigenvalue weighted by atomic mass is 127. The minimum absolute atomic E-state index is 0. The van der Waals surface area contributed by atoms with E-state index in [0.717, 1.165) is 32.0 Å². The molecule has 27 heavy (non-hydrogen) atoms. The predicted molar refractivity (Wildman–Crippen MR) is 124 cm³/mol. The minimum Gasteiger partial charge on any atom is -0.378 e. The van der Waals surface area contributed by atoms with Crippen LogP contribution in [0.3, 0.4) is 0 Å². The van der Waals surface area contributed by atoms with Crippen LogP contribution in [0.15, 0.2) is 53.5 Å². The fraction of sp³-hybridized carbons (Fsp3) is 0.381. The molecule has 0 amide bonds. The van der Waals surface area contributed by atoms with Crippen molar-refractivity contribution in [1.82, 2.24) is 0 Å². The van der Waals surface area contributed by atoms with E-state index in [1.807, 2.05) is 18.2 Å². The summed E-state index contributed by atoms with van der Waals surface area (Å²) < 4.78 is 5.45. The topological polar surface area (TPSA) is 62.9 Å². The minimum atomic E-state index is 0. The number of ether oxygens (including phenoxy) is 1. The van der Waals surface area contributed by atoms with Gasteiger partial charge in [0.05, 0.1) is 19.8 Å². The van der Waals surface area contributed by atoms with Gasteiger partial charge in [-0.3, -0.25) is 0 Å². The number of hydrogen-bond acceptors (Lipinski definition) is 3. The highest BCUT2D eigenvalue weighted by molar-refractivity contribution is 14.0. The second-order valence-electron chi connectivity index (χ2n) is 6.83. The number of benzene rings is 2. The molecule has 0 atom stereocenters. The Hall–Kier alpha value is -1.80. The molecule has 1 heterocycles. The molecule has 2 aromatic rings. The molecule has 0 aromatic heterocycles. The van der Waals surface area contributed by atoms with Crippen LogP contribution in [-0.2, 0) is 11.3 Å². The highest BCUT2D eigenvalue weighted by Crippen LogP contribution is 2.22. The Morgan fingerprint density at radius 3 is 2.63 bits per heavy atom. The molecule has 1 saturated heterocycles. The molecule has 0 aliphatic carbocycles. The van der Waals surface area contributed by atoms with E-state index in [9.17, 15) is 0 Å². The number of morpholine rings is 1. The van der Waals surface area contributed by atoms with Gasteiger partial charge >= 0.3 is 0 Å². The molecule has 3 rings (SSSR count). The van der Waals surface area contributed by atoms with Gasteiger partial charge in [0.1, 0.15) is 0 Å². The zero-order chi connectivity index (χ0) is 18.4. The van der Waals surface area contributed by atoms with E-state index < -0.39 is 0 Å². The lowest BCUT2D eigenvalue weighted by Crippen LogP contribution is -2.36. The molecular weight excluding hydrogens is 451 g/mol. The lowest BCUT2D eigenvalue weighted by atomic mass is 10.0. The first-order valence-electron chi connectivity index (χ1n) is 9.21. The Balaban J connectivity index is 0.00000261. The number of guanidine groups is 1. The Morgan fingerprint density at radius 2 is 1.89 bits per heavy atom. The van der Waals surface area contributed by atoms with Crippen molar-refractivity contribution in [2.75, 3.05) is 36.5 Å². The molecule has 0 radical (unpaired) electrons. The van der Waals surface area contributed by atoms with Crippen LogP contribution in [-0.4, -0.2) is 32.3 Å². The largest absolute Gasteiger partial charge is 0.378 e. The fourth-order valence-corrected chi connectivity index (χ4v) is 3.09. The van der Waals surface area contributed by atoms with Crippen LogP contribution in [0.5, 0.6) is 0 Å². The summed E-state index contributed by atoms with van der Waals surface area (Å²) in [5.41, 5.74) is 10.8. The molecule has 1 fully saturated rings. The maximum Gasteiger partial charge on any atom is 0.193 e. The number of para-hydroxylation sites is 1. The number of nitrogens with zero attached hydrogens (tertiary/aromatic N) is 2. The molecule has 6 heteroatoms. The van der Waals surface area contributed by atoms with Crippen LogP contribution in [0.25, 0.3) is 0 Å². The highest BCUT2D eigenvalue weighted by Gasteiger charge is 2.14. The fourth-order valence-electron chi connectivity index (χ4n) is 3.09. The number of halogens is 1. The quantitative estimate of drug-likeness (QED) is 0.383. The van der Waals surface area contributed by atoms with Crippen LogP contribution >= 0.6 is 24.0 Å². The van der Waals surface area contributed by atoms with Crippen molar-refractivity contribution >= 4 is 41.3 Å². The second kappa shape index (κ2) is 10.5. The number of anilines is 2. The third-order valence-electron chi connectivity index (χ3n) is 4.59. The van der Waals surface area contributed by atoms with Crippen molar-refractivity contribution in [3.63, 3.8) is 0 Å². The molecule has 2 aromatic carbocycles. The average molecular weight is 480 g/mol. The average Bonchev–Trinajstić information content (AvgIpc) is 2.67. The maximum atomic E-state index is 6.11. The van der Waals surface area contributed by atoms with Gasteiger partial charge in [-0.15, -0.1) is 24.0 Å². The van der Waals surface area contributed by atoms with E-state index in [-0.39, 0.29) is 24.0 Å². The Labute approximate surface area is 179 Å². The standard InChI is InChI=1S/C21H28N4O.HI/c1-16(2)17-7-5-8-19(14-17)24-21(22)23-15-18-6-3-4-9-20(18)25-10-12-26-13-11-25;/h3-9,14,16H,10-13,15H2,1-2H3,(H3,22,23,24);1H. The third-order valence-corrected chi connectivity index (χ3v) is 4.59. The molecular formula is C21H29IN4O. The summed E-state index contributed by atoms with van der Waals surface area (Å²) in [4.78, 5) is 6.90. The maximum absolute atomic E-state index is 6.11. The zero-order valence-electron chi connectivity index (χ0n) is 16.0. The van der Waals surface area contributed by atoms with E-state index in [1.165, 1.54) is 16.8 Å². The first kappa shape index (κ1) is 21.5. The van der Waals surface area contributed by atoms with Crippen LogP contribution in [0.2, 0.25) is 0 Å². The molecule has 3 N–H and O–H groups in total. The smallest absolute Gasteiger partial charge is 0.193 e. The summed E-state index contributed by atoms with van der Waals surface area (Å²) in [5, 5.41) is 3.20. The van der Waals surface area contributed by atoms with Gasteiger partial charge in [-0.1, -0.05) is 44.2 Å². The summed E-state index contributed by atoms with van der Waals surface area (Å²) in [6.45, 7) is 8.28. The van der Waals surface area contributed by atoms with Crippen molar-refractivity contribution < 1.29 is 4.74 Å². The summed E-state index contributed by atoms with van der Waals surface area (Å²) in [6, 6.07) is 16.7. The second-order valence-corrected chi connectivity index (χ2v) is 6.83. The van der Waals surface area contributed by atoms with Crippen LogP contribution in [0.1, 0.15) is 30.9 Å². The number of rotatable bonds is 5. The molecule has 0 unspecified atom stereocenters. The summed E-state index contributed by atoms with van der Waals surface area (Å²) >= 11 is 0. The van der Waals surface area contributed by atoms with Gasteiger partial charge in [-0.2, -0.15) is 0 Å². The van der Waals surface area contributed by atoms with Crippen LogP contribution in [0, 0.1) is 0 Å². The lowest BCUT2D eigenvalue weighted by molar-refractivity contribution is 0.122. The number of hydrogen-bond donors (Lipinski definition) is 2. The normalized spacial score (nSPS) is 14.8. The Bertz CT molecular complexity index is 757. The molecule has 1 aliphatic heterocycles. The number of nitrogens with two attached hydrogens (primary N) is 1. The predicted octanol–water partition coefficient (Wildman–Crippen LogP) is 4.19. The van der Waals surface area contributed by atoms with Crippen molar-refractivity contribution in [2.45, 2.75) is 26.3 Å².